The van der Waals surface area contributed by atoms with E-state index in [-0.39, 0.29) is 6.10 Å². The van der Waals surface area contributed by atoms with Crippen molar-refractivity contribution < 1.29 is 4.43 Å². The minimum Gasteiger partial charge on any atom is -0.402 e. The lowest BCUT2D eigenvalue weighted by molar-refractivity contribution is 0.133. The summed E-state index contributed by atoms with van der Waals surface area (Å²) < 4.78 is 5.94. The molecule has 1 unspecified atom stereocenters. The Labute approximate surface area is 94.8 Å². The summed E-state index contributed by atoms with van der Waals surface area (Å²) in [5, 5.41) is 9.15. The van der Waals surface area contributed by atoms with Crippen LogP contribution in [-0.2, 0) is 4.43 Å². The third kappa shape index (κ3) is 4.36. The molecule has 15 heavy (non-hydrogen) atoms. The van der Waals surface area contributed by atoms with Crippen molar-refractivity contribution in [2.45, 2.75) is 58.4 Å². The summed E-state index contributed by atoms with van der Waals surface area (Å²) in [6.07, 6.45) is 4.72. The second-order valence-corrected chi connectivity index (χ2v) is 10.3. The lowest BCUT2D eigenvalue weighted by Crippen LogP contribution is -2.36. The van der Waals surface area contributed by atoms with Gasteiger partial charge >= 0.3 is 0 Å². The number of hydrogen-bond donors (Lipinski definition) is 0. The molecule has 0 aromatic rings. The van der Waals surface area contributed by atoms with Crippen LogP contribution in [-0.4, -0.2) is 14.4 Å². The summed E-state index contributed by atoms with van der Waals surface area (Å²) in [6.45, 7) is 8.77. The van der Waals surface area contributed by atoms with Gasteiger partial charge in [-0.3, -0.25) is 0 Å². The van der Waals surface area contributed by atoms with Crippen LogP contribution in [0.4, 0.5) is 0 Å². The first-order valence-electron chi connectivity index (χ1n) is 6.00. The summed E-state index contributed by atoms with van der Waals surface area (Å²) in [5.74, 6) is 1.32. The Balaban J connectivity index is 2.49. The van der Waals surface area contributed by atoms with Crippen molar-refractivity contribution in [1.29, 1.82) is 5.26 Å². The van der Waals surface area contributed by atoms with Crippen molar-refractivity contribution in [3.05, 3.63) is 0 Å². The van der Waals surface area contributed by atoms with Crippen LogP contribution in [0.5, 0.6) is 0 Å². The summed E-state index contributed by atoms with van der Waals surface area (Å²) >= 11 is 0. The monoisotopic (exact) mass is 225 g/mol. The first kappa shape index (κ1) is 12.7. The second-order valence-electron chi connectivity index (χ2n) is 5.80. The average Bonchev–Trinajstić information content (AvgIpc) is 2.14. The Morgan fingerprint density at radius 1 is 1.20 bits per heavy atom. The number of rotatable bonds is 3. The van der Waals surface area contributed by atoms with Crippen LogP contribution < -0.4 is 0 Å². The molecule has 0 aliphatic heterocycles. The van der Waals surface area contributed by atoms with Gasteiger partial charge in [0.05, 0.1) is 6.07 Å². The van der Waals surface area contributed by atoms with Crippen LogP contribution in [0.15, 0.2) is 0 Å². The molecular weight excluding hydrogens is 202 g/mol. The maximum atomic E-state index is 9.15. The molecular formula is C12H23NOSi. The molecule has 1 aliphatic rings. The third-order valence-corrected chi connectivity index (χ3v) is 4.06. The highest BCUT2D eigenvalue weighted by Gasteiger charge is 2.30. The van der Waals surface area contributed by atoms with E-state index in [1.807, 2.05) is 0 Å². The molecule has 0 aromatic carbocycles. The predicted octanol–water partition coefficient (Wildman–Crippen LogP) is 3.56. The van der Waals surface area contributed by atoms with E-state index >= 15 is 0 Å². The zero-order valence-corrected chi connectivity index (χ0v) is 11.4. The minimum atomic E-state index is -1.56. The van der Waals surface area contributed by atoms with E-state index in [9.17, 15) is 0 Å². The van der Waals surface area contributed by atoms with E-state index in [0.717, 1.165) is 5.92 Å². The first-order chi connectivity index (χ1) is 6.92. The van der Waals surface area contributed by atoms with Gasteiger partial charge < -0.3 is 4.43 Å². The number of hydrogen-bond acceptors (Lipinski definition) is 2. The van der Waals surface area contributed by atoms with E-state index in [2.05, 4.69) is 32.6 Å². The Hall–Kier alpha value is -0.333. The molecule has 0 amide bonds. The molecule has 0 heterocycles. The first-order valence-corrected chi connectivity index (χ1v) is 9.40. The normalized spacial score (nSPS) is 29.5. The van der Waals surface area contributed by atoms with E-state index in [4.69, 9.17) is 9.69 Å². The lowest BCUT2D eigenvalue weighted by Gasteiger charge is -2.32. The van der Waals surface area contributed by atoms with Crippen molar-refractivity contribution in [1.82, 2.24) is 0 Å². The van der Waals surface area contributed by atoms with E-state index in [1.54, 1.807) is 0 Å². The molecule has 1 saturated carbocycles. The maximum Gasteiger partial charge on any atom is 0.185 e. The summed E-state index contributed by atoms with van der Waals surface area (Å²) in [7, 11) is -1.56. The van der Waals surface area contributed by atoms with Crippen LogP contribution in [0.1, 0.15) is 32.6 Å². The molecule has 0 saturated heterocycles. The molecule has 3 heteroatoms. The fourth-order valence-electron chi connectivity index (χ4n) is 2.20. The maximum absolute atomic E-state index is 9.15. The molecule has 0 spiro atoms. The van der Waals surface area contributed by atoms with Crippen LogP contribution >= 0.6 is 0 Å². The van der Waals surface area contributed by atoms with Crippen molar-refractivity contribution >= 4 is 8.32 Å². The summed E-state index contributed by atoms with van der Waals surface area (Å²) in [6, 6.07) is 2.36. The van der Waals surface area contributed by atoms with Crippen LogP contribution in [0.2, 0.25) is 19.6 Å². The predicted molar refractivity (Wildman–Crippen MR) is 65.0 cm³/mol. The quantitative estimate of drug-likeness (QED) is 0.688. The zero-order valence-electron chi connectivity index (χ0n) is 10.4. The number of nitrogens with zero attached hydrogens (tertiary/aromatic N) is 1. The molecule has 1 aliphatic carbocycles. The van der Waals surface area contributed by atoms with Gasteiger partial charge in [0.1, 0.15) is 6.10 Å². The smallest absolute Gasteiger partial charge is 0.185 e. The molecule has 1 rings (SSSR count). The van der Waals surface area contributed by atoms with E-state index in [1.165, 1.54) is 25.7 Å². The molecule has 0 N–H and O–H groups in total. The molecule has 1 fully saturated rings. The van der Waals surface area contributed by atoms with Crippen molar-refractivity contribution in [2.75, 3.05) is 0 Å². The molecule has 1 atom stereocenters. The standard InChI is InChI=1S/C12H23NOSi/c1-10-5-7-11(8-6-10)12(9-13)14-15(2,3)4/h10-12H,5-8H2,1-4H3. The Morgan fingerprint density at radius 2 is 1.73 bits per heavy atom. The van der Waals surface area contributed by atoms with E-state index in [0.29, 0.717) is 5.92 Å². The molecule has 0 radical (unpaired) electrons. The van der Waals surface area contributed by atoms with Crippen molar-refractivity contribution in [3.63, 3.8) is 0 Å². The molecule has 0 bridgehead atoms. The van der Waals surface area contributed by atoms with Crippen molar-refractivity contribution in [3.8, 4) is 6.07 Å². The van der Waals surface area contributed by atoms with Crippen LogP contribution in [0.3, 0.4) is 0 Å². The largest absolute Gasteiger partial charge is 0.402 e. The SMILES string of the molecule is CC1CCC(C(C#N)O[Si](C)(C)C)CC1. The topological polar surface area (TPSA) is 33.0 Å². The Bertz CT molecular complexity index is 233. The van der Waals surface area contributed by atoms with Gasteiger partial charge in [0.15, 0.2) is 8.32 Å². The Kier molecular flexibility index (Phi) is 4.36. The summed E-state index contributed by atoms with van der Waals surface area (Å²) in [4.78, 5) is 0. The minimum absolute atomic E-state index is 0.149. The van der Waals surface area contributed by atoms with Gasteiger partial charge in [-0.05, 0) is 44.3 Å². The molecule has 0 aromatic heterocycles. The van der Waals surface area contributed by atoms with Gasteiger partial charge in [0.2, 0.25) is 0 Å². The Morgan fingerprint density at radius 3 is 2.13 bits per heavy atom. The van der Waals surface area contributed by atoms with Gasteiger partial charge in [0.25, 0.3) is 0 Å². The fourth-order valence-corrected chi connectivity index (χ4v) is 3.20. The van der Waals surface area contributed by atoms with Gasteiger partial charge in [-0.25, -0.2) is 0 Å². The van der Waals surface area contributed by atoms with Gasteiger partial charge in [-0.2, -0.15) is 5.26 Å². The van der Waals surface area contributed by atoms with Crippen LogP contribution in [0, 0.1) is 23.2 Å². The van der Waals surface area contributed by atoms with E-state index < -0.39 is 8.32 Å². The average molecular weight is 225 g/mol. The second kappa shape index (κ2) is 5.13. The highest BCUT2D eigenvalue weighted by molar-refractivity contribution is 6.69. The molecule has 86 valence electrons. The molecule has 2 nitrogen and oxygen atoms in total. The fraction of sp³-hybridized carbons (Fsp3) is 0.917. The summed E-state index contributed by atoms with van der Waals surface area (Å²) in [5.41, 5.74) is 0. The zero-order chi connectivity index (χ0) is 11.5. The van der Waals surface area contributed by atoms with Gasteiger partial charge in [-0.15, -0.1) is 0 Å². The van der Waals surface area contributed by atoms with Crippen molar-refractivity contribution in [2.24, 2.45) is 11.8 Å². The highest BCUT2D eigenvalue weighted by atomic mass is 28.4. The van der Waals surface area contributed by atoms with Gasteiger partial charge in [-0.1, -0.05) is 19.8 Å². The van der Waals surface area contributed by atoms with Gasteiger partial charge in [0, 0.05) is 0 Å². The van der Waals surface area contributed by atoms with Crippen LogP contribution in [0.25, 0.3) is 0 Å². The highest BCUT2D eigenvalue weighted by Crippen LogP contribution is 2.32. The number of nitriles is 1. The third-order valence-electron chi connectivity index (χ3n) is 3.10. The lowest BCUT2D eigenvalue weighted by atomic mass is 9.80.